The summed E-state index contributed by atoms with van der Waals surface area (Å²) in [5.74, 6) is -0.159. The molecule has 0 aliphatic heterocycles. The van der Waals surface area contributed by atoms with Crippen molar-refractivity contribution in [1.29, 1.82) is 0 Å². The maximum Gasteiger partial charge on any atom is 0.392 e. The predicted molar refractivity (Wildman–Crippen MR) is 48.8 cm³/mol. The van der Waals surface area contributed by atoms with E-state index in [4.69, 9.17) is 0 Å². The Labute approximate surface area is 82.9 Å². The monoisotopic (exact) mass is 206 g/mol. The zero-order valence-corrected chi connectivity index (χ0v) is 8.48. The lowest BCUT2D eigenvalue weighted by atomic mass is 9.72. The van der Waals surface area contributed by atoms with Crippen LogP contribution < -0.4 is 0 Å². The van der Waals surface area contributed by atoms with E-state index in [1.165, 1.54) is 0 Å². The molecule has 2 rings (SSSR count). The molecule has 2 aliphatic rings. The highest BCUT2D eigenvalue weighted by atomic mass is 19.4. The van der Waals surface area contributed by atoms with Crippen molar-refractivity contribution in [3.8, 4) is 0 Å². The molecule has 2 saturated carbocycles. The predicted octanol–water partition coefficient (Wildman–Crippen LogP) is 4.01. The molecule has 2 fully saturated rings. The summed E-state index contributed by atoms with van der Waals surface area (Å²) >= 11 is 0. The molecule has 3 heteroatoms. The molecule has 0 nitrogen and oxygen atoms in total. The molecule has 0 aromatic carbocycles. The van der Waals surface area contributed by atoms with Crippen molar-refractivity contribution in [3.05, 3.63) is 0 Å². The molecule has 0 spiro atoms. The number of halogens is 3. The summed E-state index contributed by atoms with van der Waals surface area (Å²) in [4.78, 5) is 0. The van der Waals surface area contributed by atoms with Crippen LogP contribution in [0.15, 0.2) is 0 Å². The lowest BCUT2D eigenvalue weighted by Crippen LogP contribution is -2.36. The SMILES string of the molecule is CC1CCC(C(F)(F)F)C(C2CC2)C1. The van der Waals surface area contributed by atoms with E-state index < -0.39 is 12.1 Å². The third-order valence-electron chi connectivity index (χ3n) is 3.81. The van der Waals surface area contributed by atoms with Crippen LogP contribution in [0.4, 0.5) is 13.2 Å². The fourth-order valence-corrected chi connectivity index (χ4v) is 2.88. The van der Waals surface area contributed by atoms with Gasteiger partial charge in [-0.25, -0.2) is 0 Å². The molecule has 82 valence electrons. The fraction of sp³-hybridized carbons (Fsp3) is 1.00. The second-order valence-corrected chi connectivity index (χ2v) is 5.07. The van der Waals surface area contributed by atoms with Crippen molar-refractivity contribution in [2.24, 2.45) is 23.7 Å². The smallest absolute Gasteiger partial charge is 0.171 e. The van der Waals surface area contributed by atoms with Crippen molar-refractivity contribution in [2.45, 2.75) is 45.2 Å². The molecule has 0 aromatic heterocycles. The second-order valence-electron chi connectivity index (χ2n) is 5.07. The van der Waals surface area contributed by atoms with E-state index in [1.807, 2.05) is 0 Å². The third-order valence-corrected chi connectivity index (χ3v) is 3.81. The Kier molecular flexibility index (Phi) is 2.52. The molecular formula is C11H17F3. The standard InChI is InChI=1S/C11H17F3/c1-7-2-5-10(11(12,13)14)9(6-7)8-3-4-8/h7-10H,2-6H2,1H3. The highest BCUT2D eigenvalue weighted by molar-refractivity contribution is 4.92. The molecule has 0 amide bonds. The Balaban J connectivity index is 2.06. The first-order valence-corrected chi connectivity index (χ1v) is 5.55. The molecule has 0 bridgehead atoms. The molecule has 2 aliphatic carbocycles. The minimum atomic E-state index is -3.95. The maximum atomic E-state index is 12.7. The molecule has 3 unspecified atom stereocenters. The first-order valence-electron chi connectivity index (χ1n) is 5.55. The van der Waals surface area contributed by atoms with Crippen LogP contribution in [-0.2, 0) is 0 Å². The number of hydrogen-bond acceptors (Lipinski definition) is 0. The normalized spacial score (nSPS) is 39.9. The zero-order chi connectivity index (χ0) is 10.3. The van der Waals surface area contributed by atoms with Crippen LogP contribution in [0.5, 0.6) is 0 Å². The molecule has 14 heavy (non-hydrogen) atoms. The summed E-state index contributed by atoms with van der Waals surface area (Å²) in [6, 6.07) is 0. The lowest BCUT2D eigenvalue weighted by molar-refractivity contribution is -0.201. The average molecular weight is 206 g/mol. The van der Waals surface area contributed by atoms with Crippen LogP contribution in [-0.4, -0.2) is 6.18 Å². The largest absolute Gasteiger partial charge is 0.392 e. The molecule has 0 heterocycles. The van der Waals surface area contributed by atoms with Crippen molar-refractivity contribution < 1.29 is 13.2 Å². The van der Waals surface area contributed by atoms with Crippen molar-refractivity contribution in [3.63, 3.8) is 0 Å². The van der Waals surface area contributed by atoms with Gasteiger partial charge in [-0.05, 0) is 43.4 Å². The first-order chi connectivity index (χ1) is 6.48. The minimum absolute atomic E-state index is 0.0567. The van der Waals surface area contributed by atoms with Gasteiger partial charge in [-0.15, -0.1) is 0 Å². The Hall–Kier alpha value is -0.210. The molecule has 0 saturated heterocycles. The van der Waals surface area contributed by atoms with E-state index in [0.29, 0.717) is 18.3 Å². The Morgan fingerprint density at radius 1 is 1.00 bits per heavy atom. The van der Waals surface area contributed by atoms with Gasteiger partial charge in [-0.2, -0.15) is 13.2 Å². The van der Waals surface area contributed by atoms with E-state index in [9.17, 15) is 13.2 Å². The highest BCUT2D eigenvalue weighted by Gasteiger charge is 2.50. The van der Waals surface area contributed by atoms with E-state index in [2.05, 4.69) is 6.92 Å². The summed E-state index contributed by atoms with van der Waals surface area (Å²) < 4.78 is 38.1. The van der Waals surface area contributed by atoms with Gasteiger partial charge in [-0.3, -0.25) is 0 Å². The summed E-state index contributed by atoms with van der Waals surface area (Å²) in [5.41, 5.74) is 0. The van der Waals surface area contributed by atoms with Gasteiger partial charge in [-0.1, -0.05) is 13.3 Å². The minimum Gasteiger partial charge on any atom is -0.171 e. The fourth-order valence-electron chi connectivity index (χ4n) is 2.88. The topological polar surface area (TPSA) is 0 Å². The number of alkyl halides is 3. The lowest BCUT2D eigenvalue weighted by Gasteiger charge is -2.36. The highest BCUT2D eigenvalue weighted by Crippen LogP contribution is 2.52. The third kappa shape index (κ3) is 2.06. The Morgan fingerprint density at radius 3 is 2.14 bits per heavy atom. The Bertz CT molecular complexity index is 205. The van der Waals surface area contributed by atoms with Crippen LogP contribution in [0.2, 0.25) is 0 Å². The van der Waals surface area contributed by atoms with E-state index >= 15 is 0 Å². The molecule has 3 atom stereocenters. The van der Waals surface area contributed by atoms with E-state index in [1.54, 1.807) is 0 Å². The van der Waals surface area contributed by atoms with Gasteiger partial charge in [0, 0.05) is 0 Å². The van der Waals surface area contributed by atoms with Crippen LogP contribution >= 0.6 is 0 Å². The van der Waals surface area contributed by atoms with Crippen molar-refractivity contribution in [1.82, 2.24) is 0 Å². The molecule has 0 N–H and O–H groups in total. The average Bonchev–Trinajstić information content (AvgIpc) is 2.83. The molecular weight excluding hydrogens is 189 g/mol. The van der Waals surface area contributed by atoms with Gasteiger partial charge in [0.05, 0.1) is 5.92 Å². The summed E-state index contributed by atoms with van der Waals surface area (Å²) in [6.45, 7) is 2.09. The van der Waals surface area contributed by atoms with Crippen LogP contribution in [0.25, 0.3) is 0 Å². The molecule has 0 radical (unpaired) electrons. The first kappa shape index (κ1) is 10.3. The van der Waals surface area contributed by atoms with Gasteiger partial charge in [0.1, 0.15) is 0 Å². The number of rotatable bonds is 1. The van der Waals surface area contributed by atoms with Crippen LogP contribution in [0.1, 0.15) is 39.0 Å². The van der Waals surface area contributed by atoms with Gasteiger partial charge in [0.15, 0.2) is 0 Å². The maximum absolute atomic E-state index is 12.7. The van der Waals surface area contributed by atoms with Crippen LogP contribution in [0.3, 0.4) is 0 Å². The van der Waals surface area contributed by atoms with Gasteiger partial charge in [0.25, 0.3) is 0 Å². The van der Waals surface area contributed by atoms with Gasteiger partial charge >= 0.3 is 6.18 Å². The van der Waals surface area contributed by atoms with Gasteiger partial charge < -0.3 is 0 Å². The van der Waals surface area contributed by atoms with E-state index in [-0.39, 0.29) is 5.92 Å². The summed E-state index contributed by atoms with van der Waals surface area (Å²) in [6.07, 6.45) is 0.0371. The van der Waals surface area contributed by atoms with Gasteiger partial charge in [0.2, 0.25) is 0 Å². The number of hydrogen-bond donors (Lipinski definition) is 0. The van der Waals surface area contributed by atoms with Crippen LogP contribution in [0, 0.1) is 23.7 Å². The van der Waals surface area contributed by atoms with E-state index in [0.717, 1.165) is 25.7 Å². The Morgan fingerprint density at radius 2 is 1.64 bits per heavy atom. The summed E-state index contributed by atoms with van der Waals surface area (Å²) in [7, 11) is 0. The quantitative estimate of drug-likeness (QED) is 0.608. The van der Waals surface area contributed by atoms with Crippen molar-refractivity contribution >= 4 is 0 Å². The second kappa shape index (κ2) is 3.42. The van der Waals surface area contributed by atoms with Crippen molar-refractivity contribution in [2.75, 3.05) is 0 Å². The summed E-state index contributed by atoms with van der Waals surface area (Å²) in [5, 5.41) is 0. The zero-order valence-electron chi connectivity index (χ0n) is 8.48. The molecule has 0 aromatic rings.